The van der Waals surface area contributed by atoms with Gasteiger partial charge in [-0.1, -0.05) is 73.2 Å². The topological polar surface area (TPSA) is 25.4 Å². The first-order valence-corrected chi connectivity index (χ1v) is 9.80. The Bertz CT molecular complexity index is 835. The van der Waals surface area contributed by atoms with Crippen molar-refractivity contribution in [2.75, 3.05) is 6.54 Å². The Balaban J connectivity index is 1.53. The lowest BCUT2D eigenvalue weighted by Crippen LogP contribution is -2.33. The molecule has 1 saturated heterocycles. The van der Waals surface area contributed by atoms with Gasteiger partial charge in [-0.05, 0) is 36.6 Å². The van der Waals surface area contributed by atoms with Crippen LogP contribution in [0.25, 0.3) is 0 Å². The molecule has 3 heteroatoms. The van der Waals surface area contributed by atoms with Crippen LogP contribution in [0.2, 0.25) is 0 Å². The lowest BCUT2D eigenvalue weighted by molar-refractivity contribution is 0.135. The highest BCUT2D eigenvalue weighted by Gasteiger charge is 2.27. The van der Waals surface area contributed by atoms with Crippen LogP contribution in [0.15, 0.2) is 79.0 Å². The van der Waals surface area contributed by atoms with Gasteiger partial charge in [0.15, 0.2) is 0 Å². The van der Waals surface area contributed by atoms with Crippen LogP contribution in [-0.2, 0) is 13.2 Å². The number of rotatable bonds is 6. The summed E-state index contributed by atoms with van der Waals surface area (Å²) in [4.78, 5) is 7.14. The molecule has 0 aliphatic carbocycles. The van der Waals surface area contributed by atoms with E-state index in [0.717, 1.165) is 25.4 Å². The smallest absolute Gasteiger partial charge is 0.218 e. The quantitative estimate of drug-likeness (QED) is 0.591. The van der Waals surface area contributed by atoms with E-state index in [0.29, 0.717) is 12.6 Å². The minimum absolute atomic E-state index is 0.360. The molecule has 0 bridgehead atoms. The number of likely N-dealkylation sites (tertiary alicyclic amines) is 1. The van der Waals surface area contributed by atoms with Crippen molar-refractivity contribution in [2.45, 2.75) is 38.5 Å². The first-order valence-electron chi connectivity index (χ1n) is 9.80. The van der Waals surface area contributed by atoms with Gasteiger partial charge in [0.2, 0.25) is 5.88 Å². The Morgan fingerprint density at radius 3 is 2.37 bits per heavy atom. The maximum absolute atomic E-state index is 6.14. The number of ether oxygens (including phenoxy) is 1. The van der Waals surface area contributed by atoms with E-state index in [4.69, 9.17) is 4.74 Å². The third kappa shape index (κ3) is 4.55. The van der Waals surface area contributed by atoms with Gasteiger partial charge in [0.05, 0.1) is 0 Å². The number of benzene rings is 2. The molecule has 0 radical (unpaired) electrons. The molecule has 2 heterocycles. The van der Waals surface area contributed by atoms with Crippen LogP contribution in [0.1, 0.15) is 42.0 Å². The van der Waals surface area contributed by atoms with Crippen molar-refractivity contribution in [1.29, 1.82) is 0 Å². The maximum atomic E-state index is 6.14. The molecule has 0 unspecified atom stereocenters. The average molecular weight is 358 g/mol. The molecule has 1 aliphatic heterocycles. The van der Waals surface area contributed by atoms with Crippen molar-refractivity contribution in [1.82, 2.24) is 9.88 Å². The van der Waals surface area contributed by atoms with E-state index < -0.39 is 0 Å². The van der Waals surface area contributed by atoms with Gasteiger partial charge in [0.1, 0.15) is 6.61 Å². The fourth-order valence-electron chi connectivity index (χ4n) is 3.85. The Hall–Kier alpha value is -2.65. The molecular weight excluding hydrogens is 332 g/mol. The van der Waals surface area contributed by atoms with Crippen LogP contribution >= 0.6 is 0 Å². The van der Waals surface area contributed by atoms with E-state index in [9.17, 15) is 0 Å². The highest BCUT2D eigenvalue weighted by Crippen LogP contribution is 2.36. The van der Waals surface area contributed by atoms with Crippen LogP contribution in [-0.4, -0.2) is 16.4 Å². The summed E-state index contributed by atoms with van der Waals surface area (Å²) in [5.74, 6) is 0.770. The van der Waals surface area contributed by atoms with Crippen molar-refractivity contribution >= 4 is 0 Å². The zero-order chi connectivity index (χ0) is 18.3. The molecule has 1 aromatic heterocycles. The highest BCUT2D eigenvalue weighted by atomic mass is 16.5. The standard InChI is InChI=1S/C24H26N2O/c1-3-10-20(11-4-1)18-26-17-8-7-15-23(26)22-14-9-16-25-24(22)27-19-21-12-5-2-6-13-21/h1-6,9-14,16,23H,7-8,15,17-19H2/t23-/m1/s1. The highest BCUT2D eigenvalue weighted by molar-refractivity contribution is 5.30. The van der Waals surface area contributed by atoms with Gasteiger partial charge < -0.3 is 4.74 Å². The van der Waals surface area contributed by atoms with Crippen LogP contribution in [0, 0.1) is 0 Å². The number of piperidine rings is 1. The predicted molar refractivity (Wildman–Crippen MR) is 108 cm³/mol. The van der Waals surface area contributed by atoms with E-state index >= 15 is 0 Å². The molecule has 3 aromatic rings. The molecule has 0 saturated carbocycles. The monoisotopic (exact) mass is 358 g/mol. The maximum Gasteiger partial charge on any atom is 0.218 e. The first kappa shape index (κ1) is 17.7. The van der Waals surface area contributed by atoms with Gasteiger partial charge in [-0.2, -0.15) is 0 Å². The van der Waals surface area contributed by atoms with Crippen molar-refractivity contribution in [3.8, 4) is 5.88 Å². The fraction of sp³-hybridized carbons (Fsp3) is 0.292. The third-order valence-corrected chi connectivity index (χ3v) is 5.22. The summed E-state index contributed by atoms with van der Waals surface area (Å²) in [6.45, 7) is 2.64. The van der Waals surface area contributed by atoms with E-state index in [1.807, 2.05) is 30.5 Å². The van der Waals surface area contributed by atoms with Crippen molar-refractivity contribution in [2.24, 2.45) is 0 Å². The molecule has 1 aliphatic rings. The summed E-state index contributed by atoms with van der Waals surface area (Å²) in [5, 5.41) is 0. The largest absolute Gasteiger partial charge is 0.473 e. The molecule has 4 rings (SSSR count). The zero-order valence-electron chi connectivity index (χ0n) is 15.6. The van der Waals surface area contributed by atoms with Crippen LogP contribution in [0.4, 0.5) is 0 Å². The minimum Gasteiger partial charge on any atom is -0.473 e. The van der Waals surface area contributed by atoms with Gasteiger partial charge in [0.25, 0.3) is 0 Å². The first-order chi connectivity index (χ1) is 13.4. The second-order valence-corrected chi connectivity index (χ2v) is 7.14. The summed E-state index contributed by atoms with van der Waals surface area (Å²) in [6.07, 6.45) is 5.49. The number of nitrogens with zero attached hydrogens (tertiary/aromatic N) is 2. The summed E-state index contributed by atoms with van der Waals surface area (Å²) in [7, 11) is 0. The Morgan fingerprint density at radius 1 is 0.852 bits per heavy atom. The lowest BCUT2D eigenvalue weighted by atomic mass is 9.95. The van der Waals surface area contributed by atoms with Gasteiger partial charge in [-0.15, -0.1) is 0 Å². The average Bonchev–Trinajstić information content (AvgIpc) is 2.74. The van der Waals surface area contributed by atoms with Crippen LogP contribution < -0.4 is 4.74 Å². The SMILES string of the molecule is c1ccc(COc2ncccc2[C@H]2CCCCN2Cc2ccccc2)cc1. The number of pyridine rings is 1. The molecule has 1 fully saturated rings. The van der Waals surface area contributed by atoms with Crippen molar-refractivity contribution < 1.29 is 4.74 Å². The summed E-state index contributed by atoms with van der Waals surface area (Å²) >= 11 is 0. The van der Waals surface area contributed by atoms with Crippen molar-refractivity contribution in [3.05, 3.63) is 95.7 Å². The number of hydrogen-bond acceptors (Lipinski definition) is 3. The molecule has 1 atom stereocenters. The van der Waals surface area contributed by atoms with Crippen LogP contribution in [0.5, 0.6) is 5.88 Å². The Labute approximate surface area is 161 Å². The number of hydrogen-bond donors (Lipinski definition) is 0. The summed E-state index contributed by atoms with van der Waals surface area (Å²) in [6, 6.07) is 25.6. The Kier molecular flexibility index (Phi) is 5.80. The summed E-state index contributed by atoms with van der Waals surface area (Å²) < 4.78 is 6.14. The molecule has 2 aromatic carbocycles. The molecule has 0 N–H and O–H groups in total. The fourth-order valence-corrected chi connectivity index (χ4v) is 3.85. The number of aromatic nitrogens is 1. The zero-order valence-corrected chi connectivity index (χ0v) is 15.6. The van der Waals surface area contributed by atoms with E-state index in [-0.39, 0.29) is 0 Å². The van der Waals surface area contributed by atoms with E-state index in [1.54, 1.807) is 0 Å². The van der Waals surface area contributed by atoms with Crippen molar-refractivity contribution in [3.63, 3.8) is 0 Å². The van der Waals surface area contributed by atoms with Gasteiger partial charge >= 0.3 is 0 Å². The second kappa shape index (κ2) is 8.83. The van der Waals surface area contributed by atoms with Gasteiger partial charge in [0, 0.05) is 24.3 Å². The molecule has 0 spiro atoms. The molecule has 138 valence electrons. The third-order valence-electron chi connectivity index (χ3n) is 5.22. The predicted octanol–water partition coefficient (Wildman–Crippen LogP) is 5.39. The van der Waals surface area contributed by atoms with Crippen LogP contribution in [0.3, 0.4) is 0 Å². The second-order valence-electron chi connectivity index (χ2n) is 7.14. The van der Waals surface area contributed by atoms with Gasteiger partial charge in [-0.3, -0.25) is 4.90 Å². The molecule has 27 heavy (non-hydrogen) atoms. The molecular formula is C24H26N2O. The molecule has 3 nitrogen and oxygen atoms in total. The van der Waals surface area contributed by atoms with E-state index in [1.165, 1.54) is 29.5 Å². The minimum atomic E-state index is 0.360. The molecule has 0 amide bonds. The van der Waals surface area contributed by atoms with Gasteiger partial charge in [-0.25, -0.2) is 4.98 Å². The Morgan fingerprint density at radius 2 is 1.59 bits per heavy atom. The van der Waals surface area contributed by atoms with E-state index in [2.05, 4.69) is 58.4 Å². The normalized spacial score (nSPS) is 17.6. The summed E-state index contributed by atoms with van der Waals surface area (Å²) in [5.41, 5.74) is 3.74. The lowest BCUT2D eigenvalue weighted by Gasteiger charge is -2.36.